The minimum Gasteiger partial charge on any atom is -0.340 e. The molecule has 1 amide bonds. The van der Waals surface area contributed by atoms with Crippen LogP contribution in [0, 0.1) is 17.8 Å². The van der Waals surface area contributed by atoms with E-state index in [0.29, 0.717) is 23.9 Å². The van der Waals surface area contributed by atoms with E-state index in [4.69, 9.17) is 5.73 Å². The average Bonchev–Trinajstić information content (AvgIpc) is 2.32. The van der Waals surface area contributed by atoms with Gasteiger partial charge in [-0.2, -0.15) is 0 Å². The van der Waals surface area contributed by atoms with Crippen LogP contribution in [-0.4, -0.2) is 29.4 Å². The van der Waals surface area contributed by atoms with Crippen LogP contribution in [0.15, 0.2) is 0 Å². The first-order valence-corrected chi connectivity index (χ1v) is 7.55. The van der Waals surface area contributed by atoms with Crippen LogP contribution in [0.4, 0.5) is 0 Å². The largest absolute Gasteiger partial charge is 0.340 e. The molecule has 1 aliphatic carbocycles. The summed E-state index contributed by atoms with van der Waals surface area (Å²) in [5.41, 5.74) is 6.04. The molecule has 2 N–H and O–H groups in total. The molecule has 2 fully saturated rings. The van der Waals surface area contributed by atoms with Gasteiger partial charge in [0.15, 0.2) is 0 Å². The lowest BCUT2D eigenvalue weighted by atomic mass is 9.78. The van der Waals surface area contributed by atoms with Crippen molar-refractivity contribution in [1.82, 2.24) is 4.90 Å². The molecule has 2 rings (SSSR count). The molecule has 1 saturated heterocycles. The van der Waals surface area contributed by atoms with Crippen LogP contribution in [0.1, 0.15) is 52.9 Å². The van der Waals surface area contributed by atoms with Crippen LogP contribution in [0.3, 0.4) is 0 Å². The Morgan fingerprint density at radius 1 is 1.11 bits per heavy atom. The van der Waals surface area contributed by atoms with Crippen LogP contribution in [0.25, 0.3) is 0 Å². The Bertz CT molecular complexity index is 305. The molecule has 0 aromatic rings. The summed E-state index contributed by atoms with van der Waals surface area (Å²) in [6, 6.07) is 0.722. The highest BCUT2D eigenvalue weighted by atomic mass is 16.2. The van der Waals surface area contributed by atoms with Gasteiger partial charge < -0.3 is 10.6 Å². The summed E-state index contributed by atoms with van der Waals surface area (Å²) in [5.74, 6) is 1.89. The van der Waals surface area contributed by atoms with Crippen molar-refractivity contribution < 1.29 is 4.79 Å². The van der Waals surface area contributed by atoms with Crippen molar-refractivity contribution in [2.24, 2.45) is 23.5 Å². The summed E-state index contributed by atoms with van der Waals surface area (Å²) in [7, 11) is 0. The Kier molecular flexibility index (Phi) is 4.31. The van der Waals surface area contributed by atoms with E-state index in [-0.39, 0.29) is 5.92 Å². The van der Waals surface area contributed by atoms with Crippen LogP contribution in [-0.2, 0) is 4.79 Å². The maximum absolute atomic E-state index is 12.6. The molecular formula is C15H28N2O. The van der Waals surface area contributed by atoms with Gasteiger partial charge in [0.25, 0.3) is 0 Å². The first-order valence-electron chi connectivity index (χ1n) is 7.55. The highest BCUT2D eigenvalue weighted by molar-refractivity contribution is 5.79. The second-order valence-corrected chi connectivity index (χ2v) is 6.66. The lowest BCUT2D eigenvalue weighted by molar-refractivity contribution is -0.141. The quantitative estimate of drug-likeness (QED) is 0.779. The highest BCUT2D eigenvalue weighted by Gasteiger charge is 2.35. The molecule has 1 aliphatic heterocycles. The van der Waals surface area contributed by atoms with Crippen LogP contribution in [0.5, 0.6) is 0 Å². The van der Waals surface area contributed by atoms with Crippen molar-refractivity contribution >= 4 is 5.91 Å². The second-order valence-electron chi connectivity index (χ2n) is 6.66. The standard InChI is InChI=1S/C15H28N2O/c1-10-6-7-17(12(3)8-10)15(18)13-4-5-14(16)11(2)9-13/h10-14H,4-9,16H2,1-3H3. The molecule has 0 spiro atoms. The number of rotatable bonds is 1. The van der Waals surface area contributed by atoms with E-state index in [9.17, 15) is 4.79 Å². The monoisotopic (exact) mass is 252 g/mol. The van der Waals surface area contributed by atoms with Crippen molar-refractivity contribution in [2.75, 3.05) is 6.54 Å². The lowest BCUT2D eigenvalue weighted by Crippen LogP contribution is -2.48. The van der Waals surface area contributed by atoms with Gasteiger partial charge in [-0.25, -0.2) is 0 Å². The zero-order chi connectivity index (χ0) is 13.3. The maximum atomic E-state index is 12.6. The van der Waals surface area contributed by atoms with Gasteiger partial charge in [0, 0.05) is 24.5 Å². The first kappa shape index (κ1) is 13.9. The minimum absolute atomic E-state index is 0.232. The summed E-state index contributed by atoms with van der Waals surface area (Å²) in [6.45, 7) is 7.63. The summed E-state index contributed by atoms with van der Waals surface area (Å²) in [5, 5.41) is 0. The number of amides is 1. The fraction of sp³-hybridized carbons (Fsp3) is 0.933. The Morgan fingerprint density at radius 3 is 2.44 bits per heavy atom. The zero-order valence-electron chi connectivity index (χ0n) is 12.1. The minimum atomic E-state index is 0.232. The Hall–Kier alpha value is -0.570. The van der Waals surface area contributed by atoms with Crippen LogP contribution in [0.2, 0.25) is 0 Å². The number of nitrogens with two attached hydrogens (primary N) is 1. The van der Waals surface area contributed by atoms with E-state index in [1.807, 2.05) is 0 Å². The van der Waals surface area contributed by atoms with E-state index < -0.39 is 0 Å². The number of nitrogens with zero attached hydrogens (tertiary/aromatic N) is 1. The predicted molar refractivity (Wildman–Crippen MR) is 74.1 cm³/mol. The van der Waals surface area contributed by atoms with Gasteiger partial charge >= 0.3 is 0 Å². The SMILES string of the molecule is CC1CCN(C(=O)C2CCC(N)C(C)C2)C(C)C1. The normalized spacial score (nSPS) is 41.8. The molecule has 0 radical (unpaired) electrons. The van der Waals surface area contributed by atoms with E-state index in [2.05, 4.69) is 25.7 Å². The fourth-order valence-corrected chi connectivity index (χ4v) is 3.61. The molecule has 18 heavy (non-hydrogen) atoms. The summed E-state index contributed by atoms with van der Waals surface area (Å²) in [6.07, 6.45) is 5.31. The van der Waals surface area contributed by atoms with Gasteiger partial charge in [0.1, 0.15) is 0 Å². The number of hydrogen-bond donors (Lipinski definition) is 1. The number of hydrogen-bond acceptors (Lipinski definition) is 2. The Labute approximate surface area is 111 Å². The van der Waals surface area contributed by atoms with Gasteiger partial charge in [-0.05, 0) is 50.9 Å². The van der Waals surface area contributed by atoms with E-state index >= 15 is 0 Å². The molecule has 3 nitrogen and oxygen atoms in total. The molecule has 3 heteroatoms. The third kappa shape index (κ3) is 2.87. The van der Waals surface area contributed by atoms with E-state index in [1.54, 1.807) is 0 Å². The molecule has 0 aromatic heterocycles. The third-order valence-corrected chi connectivity index (χ3v) is 5.01. The molecule has 5 atom stereocenters. The smallest absolute Gasteiger partial charge is 0.225 e. The third-order valence-electron chi connectivity index (χ3n) is 5.01. The van der Waals surface area contributed by atoms with Crippen LogP contribution < -0.4 is 5.73 Å². The zero-order valence-corrected chi connectivity index (χ0v) is 12.1. The Balaban J connectivity index is 1.95. The van der Waals surface area contributed by atoms with Crippen molar-refractivity contribution in [3.63, 3.8) is 0 Å². The number of carbonyl (C=O) groups excluding carboxylic acids is 1. The molecule has 1 saturated carbocycles. The summed E-state index contributed by atoms with van der Waals surface area (Å²) < 4.78 is 0. The predicted octanol–water partition coefficient (Wildman–Crippen LogP) is 2.40. The summed E-state index contributed by atoms with van der Waals surface area (Å²) >= 11 is 0. The van der Waals surface area contributed by atoms with Crippen molar-refractivity contribution in [3.05, 3.63) is 0 Å². The summed E-state index contributed by atoms with van der Waals surface area (Å²) in [4.78, 5) is 14.7. The molecule has 0 aromatic carbocycles. The van der Waals surface area contributed by atoms with Crippen molar-refractivity contribution in [3.8, 4) is 0 Å². The van der Waals surface area contributed by atoms with Gasteiger partial charge in [-0.1, -0.05) is 13.8 Å². The van der Waals surface area contributed by atoms with Gasteiger partial charge in [-0.3, -0.25) is 4.79 Å². The van der Waals surface area contributed by atoms with E-state index in [0.717, 1.165) is 44.6 Å². The highest BCUT2D eigenvalue weighted by Crippen LogP contribution is 2.32. The maximum Gasteiger partial charge on any atom is 0.225 e. The molecule has 5 unspecified atom stereocenters. The molecule has 104 valence electrons. The van der Waals surface area contributed by atoms with Crippen molar-refractivity contribution in [1.29, 1.82) is 0 Å². The fourth-order valence-electron chi connectivity index (χ4n) is 3.61. The average molecular weight is 252 g/mol. The first-order chi connectivity index (χ1) is 8.49. The lowest BCUT2D eigenvalue weighted by Gasteiger charge is -2.40. The number of carbonyl (C=O) groups is 1. The van der Waals surface area contributed by atoms with Crippen LogP contribution >= 0.6 is 0 Å². The molecule has 1 heterocycles. The van der Waals surface area contributed by atoms with Gasteiger partial charge in [-0.15, -0.1) is 0 Å². The number of likely N-dealkylation sites (tertiary alicyclic amines) is 1. The van der Waals surface area contributed by atoms with Gasteiger partial charge in [0.05, 0.1) is 0 Å². The van der Waals surface area contributed by atoms with E-state index in [1.165, 1.54) is 0 Å². The molecular weight excluding hydrogens is 224 g/mol. The molecule has 0 bridgehead atoms. The molecule has 2 aliphatic rings. The Morgan fingerprint density at radius 2 is 1.83 bits per heavy atom. The van der Waals surface area contributed by atoms with Crippen molar-refractivity contribution in [2.45, 2.75) is 65.0 Å². The second kappa shape index (κ2) is 5.60. The topological polar surface area (TPSA) is 46.3 Å². The van der Waals surface area contributed by atoms with Gasteiger partial charge in [0.2, 0.25) is 5.91 Å². The number of piperidine rings is 1.